The molecular formula is C15H13F3NO. The van der Waals surface area contributed by atoms with Gasteiger partial charge in [-0.05, 0) is 42.3 Å². The molecule has 2 aromatic carbocycles. The molecule has 2 rings (SSSR count). The van der Waals surface area contributed by atoms with Crippen molar-refractivity contribution in [1.29, 1.82) is 0 Å². The fourth-order valence-corrected chi connectivity index (χ4v) is 1.71. The van der Waals surface area contributed by atoms with Gasteiger partial charge in [-0.1, -0.05) is 24.3 Å². The third-order valence-corrected chi connectivity index (χ3v) is 2.62. The summed E-state index contributed by atoms with van der Waals surface area (Å²) in [5.74, 6) is -0.201. The van der Waals surface area contributed by atoms with E-state index in [4.69, 9.17) is 0 Å². The van der Waals surface area contributed by atoms with Crippen molar-refractivity contribution in [3.63, 3.8) is 0 Å². The minimum absolute atomic E-state index is 0.201. The topological polar surface area (TPSA) is 21.3 Å². The van der Waals surface area contributed by atoms with Gasteiger partial charge in [0.05, 0.1) is 0 Å². The fourth-order valence-electron chi connectivity index (χ4n) is 1.71. The molecule has 2 aromatic rings. The summed E-state index contributed by atoms with van der Waals surface area (Å²) in [6.07, 6.45) is -3.93. The number of rotatable bonds is 5. The normalized spacial score (nSPS) is 11.2. The lowest BCUT2D eigenvalue weighted by molar-refractivity contribution is -0.274. The third-order valence-electron chi connectivity index (χ3n) is 2.62. The first-order chi connectivity index (χ1) is 9.53. The molecule has 0 fully saturated rings. The molecular weight excluding hydrogens is 267 g/mol. The van der Waals surface area contributed by atoms with Gasteiger partial charge < -0.3 is 10.1 Å². The molecule has 5 heteroatoms. The quantitative estimate of drug-likeness (QED) is 0.892. The first-order valence-corrected chi connectivity index (χ1v) is 6.08. The Bertz CT molecular complexity index is 523. The molecule has 0 heterocycles. The highest BCUT2D eigenvalue weighted by molar-refractivity contribution is 5.42. The van der Waals surface area contributed by atoms with Crippen LogP contribution in [0.3, 0.4) is 0 Å². The second kappa shape index (κ2) is 6.32. The minimum atomic E-state index is -4.65. The Labute approximate surface area is 115 Å². The number of hydrogen-bond acceptors (Lipinski definition) is 2. The van der Waals surface area contributed by atoms with E-state index in [1.165, 1.54) is 12.1 Å². The summed E-state index contributed by atoms with van der Waals surface area (Å²) in [7, 11) is 0. The fraction of sp³-hybridized carbons (Fsp3) is 0.200. The summed E-state index contributed by atoms with van der Waals surface area (Å²) in [6.45, 7) is 0.698. The van der Waals surface area contributed by atoms with Crippen LogP contribution in [0.4, 0.5) is 18.9 Å². The highest BCUT2D eigenvalue weighted by Gasteiger charge is 2.30. The highest BCUT2D eigenvalue weighted by Crippen LogP contribution is 2.22. The molecule has 0 aliphatic carbocycles. The maximum Gasteiger partial charge on any atom is 0.573 e. The molecule has 0 aliphatic rings. The Morgan fingerprint density at radius 3 is 2.25 bits per heavy atom. The minimum Gasteiger partial charge on any atom is -0.406 e. The van der Waals surface area contributed by atoms with Gasteiger partial charge in [0.1, 0.15) is 5.75 Å². The number of anilines is 1. The van der Waals surface area contributed by atoms with Gasteiger partial charge in [-0.2, -0.15) is 0 Å². The molecule has 0 amide bonds. The molecule has 0 saturated carbocycles. The highest BCUT2D eigenvalue weighted by atomic mass is 19.4. The van der Waals surface area contributed by atoms with Crippen LogP contribution in [-0.4, -0.2) is 12.9 Å². The predicted molar refractivity (Wildman–Crippen MR) is 70.6 cm³/mol. The van der Waals surface area contributed by atoms with Gasteiger partial charge in [0.15, 0.2) is 0 Å². The summed E-state index contributed by atoms with van der Waals surface area (Å²) in [4.78, 5) is 0. The lowest BCUT2D eigenvalue weighted by Crippen LogP contribution is -2.17. The molecule has 0 saturated heterocycles. The van der Waals surface area contributed by atoms with Gasteiger partial charge >= 0.3 is 6.36 Å². The number of benzene rings is 2. The van der Waals surface area contributed by atoms with Gasteiger partial charge in [0.2, 0.25) is 0 Å². The van der Waals surface area contributed by atoms with Gasteiger partial charge in [0.25, 0.3) is 0 Å². The summed E-state index contributed by atoms with van der Waals surface area (Å²) < 4.78 is 39.8. The standard InChI is InChI=1S/C15H13F3NO/c16-15(17,18)20-14-8-6-12(7-9-14)10-11-19-13-4-2-1-3-5-13/h2-9,19H,10-11H2. The van der Waals surface area contributed by atoms with E-state index in [2.05, 4.69) is 16.1 Å². The molecule has 20 heavy (non-hydrogen) atoms. The molecule has 1 N–H and O–H groups in total. The maximum absolute atomic E-state index is 12.0. The molecule has 2 nitrogen and oxygen atoms in total. The van der Waals surface area contributed by atoms with E-state index in [0.717, 1.165) is 11.3 Å². The molecule has 0 bridgehead atoms. The first kappa shape index (κ1) is 14.2. The van der Waals surface area contributed by atoms with Crippen LogP contribution in [0.1, 0.15) is 5.56 Å². The maximum atomic E-state index is 12.0. The molecule has 0 atom stereocenters. The Morgan fingerprint density at radius 1 is 1.00 bits per heavy atom. The smallest absolute Gasteiger partial charge is 0.406 e. The molecule has 105 valence electrons. The van der Waals surface area contributed by atoms with Crippen molar-refractivity contribution >= 4 is 5.69 Å². The Morgan fingerprint density at radius 2 is 1.65 bits per heavy atom. The Hall–Kier alpha value is -2.17. The van der Waals surface area contributed by atoms with Crippen LogP contribution in [0.25, 0.3) is 0 Å². The lowest BCUT2D eigenvalue weighted by atomic mass is 10.1. The van der Waals surface area contributed by atoms with Crippen LogP contribution in [0.15, 0.2) is 48.5 Å². The number of hydrogen-bond donors (Lipinski definition) is 1. The van der Waals surface area contributed by atoms with E-state index in [1.54, 1.807) is 12.1 Å². The van der Waals surface area contributed by atoms with Crippen molar-refractivity contribution in [1.82, 2.24) is 0 Å². The van der Waals surface area contributed by atoms with Crippen molar-refractivity contribution in [2.24, 2.45) is 0 Å². The molecule has 0 unspecified atom stereocenters. The zero-order valence-electron chi connectivity index (χ0n) is 10.6. The SMILES string of the molecule is FC(F)(F)Oc1ccc(CCNc2cc[c]cc2)cc1. The van der Waals surface area contributed by atoms with Crippen molar-refractivity contribution in [2.45, 2.75) is 12.8 Å². The van der Waals surface area contributed by atoms with Gasteiger partial charge in [-0.3, -0.25) is 0 Å². The molecule has 1 radical (unpaired) electrons. The number of ether oxygens (including phenoxy) is 1. The van der Waals surface area contributed by atoms with Crippen molar-refractivity contribution in [3.05, 3.63) is 60.2 Å². The third kappa shape index (κ3) is 4.84. The van der Waals surface area contributed by atoms with Gasteiger partial charge in [-0.25, -0.2) is 0 Å². The zero-order chi connectivity index (χ0) is 14.4. The first-order valence-electron chi connectivity index (χ1n) is 6.08. The van der Waals surface area contributed by atoms with Gasteiger partial charge in [0, 0.05) is 12.2 Å². The summed E-state index contributed by atoms with van der Waals surface area (Å²) in [5.41, 5.74) is 1.93. The van der Waals surface area contributed by atoms with E-state index in [9.17, 15) is 13.2 Å². The number of nitrogens with one attached hydrogen (secondary N) is 1. The Balaban J connectivity index is 1.82. The second-order valence-electron chi connectivity index (χ2n) is 4.16. The Kier molecular flexibility index (Phi) is 4.50. The van der Waals surface area contributed by atoms with Gasteiger partial charge in [-0.15, -0.1) is 13.2 Å². The summed E-state index contributed by atoms with van der Waals surface area (Å²) in [6, 6.07) is 16.2. The van der Waals surface area contributed by atoms with E-state index < -0.39 is 6.36 Å². The molecule has 0 spiro atoms. The van der Waals surface area contributed by atoms with Crippen LogP contribution < -0.4 is 10.1 Å². The van der Waals surface area contributed by atoms with Crippen LogP contribution in [0, 0.1) is 6.07 Å². The summed E-state index contributed by atoms with van der Waals surface area (Å²) in [5, 5.41) is 3.21. The monoisotopic (exact) mass is 280 g/mol. The predicted octanol–water partition coefficient (Wildman–Crippen LogP) is 4.04. The lowest BCUT2D eigenvalue weighted by Gasteiger charge is -2.10. The molecule has 0 aliphatic heterocycles. The van der Waals surface area contributed by atoms with Crippen molar-refractivity contribution in [3.8, 4) is 5.75 Å². The average molecular weight is 280 g/mol. The van der Waals surface area contributed by atoms with E-state index in [0.29, 0.717) is 13.0 Å². The van der Waals surface area contributed by atoms with Crippen LogP contribution >= 0.6 is 0 Å². The van der Waals surface area contributed by atoms with Crippen LogP contribution in [0.5, 0.6) is 5.75 Å². The van der Waals surface area contributed by atoms with E-state index >= 15 is 0 Å². The number of halogens is 3. The zero-order valence-corrected chi connectivity index (χ0v) is 10.6. The largest absolute Gasteiger partial charge is 0.573 e. The van der Waals surface area contributed by atoms with Crippen molar-refractivity contribution < 1.29 is 17.9 Å². The number of alkyl halides is 3. The summed E-state index contributed by atoms with van der Waals surface area (Å²) >= 11 is 0. The van der Waals surface area contributed by atoms with Crippen LogP contribution in [0.2, 0.25) is 0 Å². The second-order valence-corrected chi connectivity index (χ2v) is 4.16. The molecule has 0 aromatic heterocycles. The van der Waals surface area contributed by atoms with E-state index in [1.807, 2.05) is 24.3 Å². The van der Waals surface area contributed by atoms with Crippen LogP contribution in [-0.2, 0) is 6.42 Å². The van der Waals surface area contributed by atoms with Crippen molar-refractivity contribution in [2.75, 3.05) is 11.9 Å². The van der Waals surface area contributed by atoms with E-state index in [-0.39, 0.29) is 5.75 Å². The average Bonchev–Trinajstić information content (AvgIpc) is 2.40.